The van der Waals surface area contributed by atoms with Crippen LogP contribution in [0.15, 0.2) is 47.0 Å². The van der Waals surface area contributed by atoms with Crippen LogP contribution in [-0.2, 0) is 29.1 Å². The van der Waals surface area contributed by atoms with Gasteiger partial charge in [0.1, 0.15) is 24.2 Å². The van der Waals surface area contributed by atoms with E-state index in [-0.39, 0.29) is 24.8 Å². The van der Waals surface area contributed by atoms with Crippen molar-refractivity contribution in [1.29, 1.82) is 0 Å². The minimum Gasteiger partial charge on any atom is -0.489 e. The van der Waals surface area contributed by atoms with E-state index in [2.05, 4.69) is 11.2 Å². The second kappa shape index (κ2) is 8.86. The number of ether oxygens (including phenoxy) is 2. The first kappa shape index (κ1) is 21.6. The monoisotopic (exact) mass is 434 g/mol. The summed E-state index contributed by atoms with van der Waals surface area (Å²) in [6, 6.07) is 13.0. The average Bonchev–Trinajstić information content (AvgIpc) is 3.15. The number of benzene rings is 2. The van der Waals surface area contributed by atoms with Gasteiger partial charge < -0.3 is 18.9 Å². The topological polar surface area (TPSA) is 81.9 Å². The van der Waals surface area contributed by atoms with Crippen LogP contribution in [0.1, 0.15) is 44.1 Å². The molecule has 3 aromatic rings. The van der Waals surface area contributed by atoms with Gasteiger partial charge in [-0.15, -0.1) is 0 Å². The molecule has 0 N–H and O–H groups in total. The van der Waals surface area contributed by atoms with E-state index in [0.29, 0.717) is 23.5 Å². The zero-order valence-electron chi connectivity index (χ0n) is 18.7. The van der Waals surface area contributed by atoms with Gasteiger partial charge in [0, 0.05) is 13.0 Å². The lowest BCUT2D eigenvalue weighted by Gasteiger charge is -2.34. The van der Waals surface area contributed by atoms with Crippen molar-refractivity contribution in [3.05, 3.63) is 81.7 Å². The first-order chi connectivity index (χ1) is 15.4. The van der Waals surface area contributed by atoms with Crippen molar-refractivity contribution in [2.75, 3.05) is 7.11 Å². The molecule has 7 nitrogen and oxygen atoms in total. The Kier molecular flexibility index (Phi) is 5.99. The fourth-order valence-electron chi connectivity index (χ4n) is 4.12. The third-order valence-electron chi connectivity index (χ3n) is 5.75. The predicted octanol–water partition coefficient (Wildman–Crippen LogP) is 3.92. The average molecular weight is 434 g/mol. The number of rotatable bonds is 5. The molecule has 1 unspecified atom stereocenters. The molecule has 0 saturated carbocycles. The summed E-state index contributed by atoms with van der Waals surface area (Å²) in [7, 11) is 1.33. The number of aryl methyl sites for hydroxylation is 3. The Morgan fingerprint density at radius 2 is 1.78 bits per heavy atom. The molecule has 1 atom stereocenters. The number of nitrogens with zero attached hydrogens (tertiary/aromatic N) is 2. The smallest absolute Gasteiger partial charge is 0.328 e. The van der Waals surface area contributed by atoms with Crippen LogP contribution in [0.3, 0.4) is 0 Å². The summed E-state index contributed by atoms with van der Waals surface area (Å²) >= 11 is 0. The van der Waals surface area contributed by atoms with Gasteiger partial charge in [-0.25, -0.2) is 4.79 Å². The van der Waals surface area contributed by atoms with E-state index < -0.39 is 12.0 Å². The molecule has 1 aliphatic heterocycles. The molecule has 7 heteroatoms. The molecule has 0 radical (unpaired) electrons. The van der Waals surface area contributed by atoms with Crippen LogP contribution < -0.4 is 4.74 Å². The molecule has 2 heterocycles. The maximum Gasteiger partial charge on any atom is 0.328 e. The van der Waals surface area contributed by atoms with Crippen molar-refractivity contribution in [1.82, 2.24) is 10.1 Å². The third-order valence-corrected chi connectivity index (χ3v) is 5.75. The minimum atomic E-state index is -0.729. The summed E-state index contributed by atoms with van der Waals surface area (Å²) in [5, 5.41) is 4.02. The van der Waals surface area contributed by atoms with Crippen LogP contribution in [0.25, 0.3) is 0 Å². The molecule has 0 fully saturated rings. The van der Waals surface area contributed by atoms with Crippen molar-refractivity contribution < 1.29 is 23.6 Å². The summed E-state index contributed by atoms with van der Waals surface area (Å²) in [6.45, 7) is 6.17. The van der Waals surface area contributed by atoms with E-state index in [9.17, 15) is 9.59 Å². The lowest BCUT2D eigenvalue weighted by Crippen LogP contribution is -2.49. The zero-order chi connectivity index (χ0) is 22.8. The molecular weight excluding hydrogens is 408 g/mol. The number of hydrogen-bond donors (Lipinski definition) is 0. The molecule has 0 spiro atoms. The molecule has 1 aliphatic rings. The Hall–Kier alpha value is -3.61. The number of hydrogen-bond acceptors (Lipinski definition) is 6. The van der Waals surface area contributed by atoms with Gasteiger partial charge >= 0.3 is 5.97 Å². The van der Waals surface area contributed by atoms with Gasteiger partial charge in [-0.05, 0) is 55.2 Å². The molecule has 1 aromatic heterocycles. The van der Waals surface area contributed by atoms with Crippen LogP contribution in [-0.4, -0.2) is 35.1 Å². The fraction of sp³-hybridized carbons (Fsp3) is 0.320. The van der Waals surface area contributed by atoms with Crippen molar-refractivity contribution in [2.24, 2.45) is 0 Å². The highest BCUT2D eigenvalue weighted by molar-refractivity contribution is 5.96. The fourth-order valence-corrected chi connectivity index (χ4v) is 4.12. The van der Waals surface area contributed by atoms with Crippen molar-refractivity contribution in [3.8, 4) is 5.75 Å². The Labute approximate surface area is 186 Å². The first-order valence-electron chi connectivity index (χ1n) is 10.5. The zero-order valence-corrected chi connectivity index (χ0v) is 18.7. The van der Waals surface area contributed by atoms with Gasteiger partial charge in [-0.1, -0.05) is 35.5 Å². The van der Waals surface area contributed by atoms with Gasteiger partial charge in [0.25, 0.3) is 5.91 Å². The number of fused-ring (bicyclic) bond motifs is 1. The van der Waals surface area contributed by atoms with Gasteiger partial charge in [0.15, 0.2) is 5.69 Å². The third kappa shape index (κ3) is 4.23. The van der Waals surface area contributed by atoms with E-state index >= 15 is 0 Å². The standard InChI is InChI=1S/C25H26N2O5/c1-15-9-16(2)11-20(10-15)31-14-21-17(3)32-26-23(21)24(28)27-13-19-8-6-5-7-18(19)12-22(27)25(29)30-4/h5-11,22H,12-14H2,1-4H3. The van der Waals surface area contributed by atoms with Gasteiger partial charge in [-0.3, -0.25) is 4.79 Å². The predicted molar refractivity (Wildman–Crippen MR) is 117 cm³/mol. The largest absolute Gasteiger partial charge is 0.489 e. The van der Waals surface area contributed by atoms with Crippen molar-refractivity contribution in [3.63, 3.8) is 0 Å². The van der Waals surface area contributed by atoms with Gasteiger partial charge in [0.2, 0.25) is 0 Å². The molecule has 32 heavy (non-hydrogen) atoms. The number of carbonyl (C=O) groups excluding carboxylic acids is 2. The molecular formula is C25H26N2O5. The van der Waals surface area contributed by atoms with E-state index in [1.54, 1.807) is 6.92 Å². The SMILES string of the molecule is COC(=O)C1Cc2ccccc2CN1C(=O)c1noc(C)c1COc1cc(C)cc(C)c1. The summed E-state index contributed by atoms with van der Waals surface area (Å²) in [5.74, 6) is 0.373. The molecule has 166 valence electrons. The van der Waals surface area contributed by atoms with Crippen LogP contribution in [0.2, 0.25) is 0 Å². The van der Waals surface area contributed by atoms with Crippen LogP contribution in [0, 0.1) is 20.8 Å². The molecule has 2 aromatic carbocycles. The maximum absolute atomic E-state index is 13.5. The van der Waals surface area contributed by atoms with Crippen molar-refractivity contribution >= 4 is 11.9 Å². The molecule has 4 rings (SSSR count). The first-order valence-corrected chi connectivity index (χ1v) is 10.5. The van der Waals surface area contributed by atoms with E-state index in [1.807, 2.05) is 50.2 Å². The van der Waals surface area contributed by atoms with E-state index in [4.69, 9.17) is 14.0 Å². The number of amides is 1. The lowest BCUT2D eigenvalue weighted by molar-refractivity contribution is -0.146. The molecule has 0 aliphatic carbocycles. The second-order valence-corrected chi connectivity index (χ2v) is 8.12. The maximum atomic E-state index is 13.5. The van der Waals surface area contributed by atoms with Crippen molar-refractivity contribution in [2.45, 2.75) is 46.4 Å². The number of aromatic nitrogens is 1. The normalized spacial score (nSPS) is 15.2. The highest BCUT2D eigenvalue weighted by Crippen LogP contribution is 2.27. The Balaban J connectivity index is 1.62. The summed E-state index contributed by atoms with van der Waals surface area (Å²) < 4.78 is 16.3. The van der Waals surface area contributed by atoms with Crippen LogP contribution >= 0.6 is 0 Å². The van der Waals surface area contributed by atoms with E-state index in [1.165, 1.54) is 12.0 Å². The Bertz CT molecular complexity index is 1150. The Morgan fingerprint density at radius 3 is 2.47 bits per heavy atom. The summed E-state index contributed by atoms with van der Waals surface area (Å²) in [5.41, 5.74) is 4.92. The Morgan fingerprint density at radius 1 is 1.09 bits per heavy atom. The summed E-state index contributed by atoms with van der Waals surface area (Å²) in [4.78, 5) is 27.5. The van der Waals surface area contributed by atoms with Gasteiger partial charge in [0.05, 0.1) is 12.7 Å². The molecule has 0 saturated heterocycles. The summed E-state index contributed by atoms with van der Waals surface area (Å²) in [6.07, 6.45) is 0.389. The van der Waals surface area contributed by atoms with Gasteiger partial charge in [-0.2, -0.15) is 0 Å². The molecule has 0 bridgehead atoms. The highest BCUT2D eigenvalue weighted by atomic mass is 16.5. The quantitative estimate of drug-likeness (QED) is 0.566. The second-order valence-electron chi connectivity index (χ2n) is 8.12. The number of esters is 1. The van der Waals surface area contributed by atoms with Crippen LogP contribution in [0.5, 0.6) is 5.75 Å². The van der Waals surface area contributed by atoms with E-state index in [0.717, 1.165) is 22.3 Å². The minimum absolute atomic E-state index is 0.132. The van der Waals surface area contributed by atoms with Crippen LogP contribution in [0.4, 0.5) is 0 Å². The molecule has 1 amide bonds. The number of methoxy groups -OCH3 is 1. The number of carbonyl (C=O) groups is 2. The highest BCUT2D eigenvalue weighted by Gasteiger charge is 2.38. The lowest BCUT2D eigenvalue weighted by atomic mass is 9.93.